The molecule has 0 unspecified atom stereocenters. The largest absolute Gasteiger partial charge is 0.495 e. The standard InChI is InChI=1S/C27H33N5O2/c1-3-4-13-24-31-25-26(19-10-7-8-11-21(19)30-27(25)29)32(24)16-9-5-6-12-22(33)18-14-15-20(28)23(17-18)34-2/h7-8,10-11,14-15,17H,3-6,9,12-13,16,28H2,1-2H3,(H2,29,30). The number of rotatable bonds is 11. The second-order valence-electron chi connectivity index (χ2n) is 8.69. The van der Waals surface area contributed by atoms with Crippen LogP contribution in [0, 0.1) is 0 Å². The maximum absolute atomic E-state index is 12.6. The summed E-state index contributed by atoms with van der Waals surface area (Å²) in [6.45, 7) is 3.03. The van der Waals surface area contributed by atoms with Crippen LogP contribution in [0.25, 0.3) is 21.9 Å². The first-order chi connectivity index (χ1) is 16.5. The summed E-state index contributed by atoms with van der Waals surface area (Å²) in [6.07, 6.45) is 6.33. The van der Waals surface area contributed by atoms with Gasteiger partial charge in [0.1, 0.15) is 17.1 Å². The predicted molar refractivity (Wildman–Crippen MR) is 138 cm³/mol. The molecule has 0 bridgehead atoms. The van der Waals surface area contributed by atoms with E-state index in [4.69, 9.17) is 21.2 Å². The third-order valence-electron chi connectivity index (χ3n) is 6.28. The Balaban J connectivity index is 1.47. The molecule has 0 atom stereocenters. The number of hydrogen-bond donors (Lipinski definition) is 2. The summed E-state index contributed by atoms with van der Waals surface area (Å²) in [4.78, 5) is 22.1. The van der Waals surface area contributed by atoms with E-state index < -0.39 is 0 Å². The summed E-state index contributed by atoms with van der Waals surface area (Å²) in [5.41, 5.74) is 16.1. The van der Waals surface area contributed by atoms with Crippen LogP contribution < -0.4 is 16.2 Å². The topological polar surface area (TPSA) is 109 Å². The molecule has 4 N–H and O–H groups in total. The number of carbonyl (C=O) groups excluding carboxylic acids is 1. The number of nitrogen functional groups attached to an aromatic ring is 2. The van der Waals surface area contributed by atoms with Gasteiger partial charge in [0.15, 0.2) is 11.6 Å². The first kappa shape index (κ1) is 23.5. The molecule has 0 saturated heterocycles. The van der Waals surface area contributed by atoms with Gasteiger partial charge in [0.05, 0.1) is 23.8 Å². The van der Waals surface area contributed by atoms with Gasteiger partial charge in [-0.25, -0.2) is 9.97 Å². The fourth-order valence-electron chi connectivity index (χ4n) is 4.43. The number of ether oxygens (including phenoxy) is 1. The van der Waals surface area contributed by atoms with Gasteiger partial charge >= 0.3 is 0 Å². The number of para-hydroxylation sites is 1. The van der Waals surface area contributed by atoms with E-state index in [-0.39, 0.29) is 5.78 Å². The Bertz CT molecular complexity index is 1310. The molecule has 0 spiro atoms. The minimum atomic E-state index is 0.111. The van der Waals surface area contributed by atoms with Gasteiger partial charge in [-0.3, -0.25) is 4.79 Å². The van der Waals surface area contributed by atoms with Gasteiger partial charge in [-0.15, -0.1) is 0 Å². The Morgan fingerprint density at radius 1 is 1.03 bits per heavy atom. The lowest BCUT2D eigenvalue weighted by Gasteiger charge is -2.11. The smallest absolute Gasteiger partial charge is 0.163 e. The SMILES string of the molecule is CCCCc1nc2c(N)nc3ccccc3c2n1CCCCCC(=O)c1ccc(N)c(OC)c1. The number of anilines is 2. The number of aromatic nitrogens is 3. The molecule has 2 aromatic carbocycles. The van der Waals surface area contributed by atoms with Crippen molar-refractivity contribution >= 4 is 39.2 Å². The molecule has 0 aliphatic rings. The highest BCUT2D eigenvalue weighted by molar-refractivity contribution is 6.06. The van der Waals surface area contributed by atoms with E-state index in [0.29, 0.717) is 29.2 Å². The maximum atomic E-state index is 12.6. The molecule has 178 valence electrons. The van der Waals surface area contributed by atoms with Crippen molar-refractivity contribution in [1.82, 2.24) is 14.5 Å². The number of fused-ring (bicyclic) bond motifs is 3. The van der Waals surface area contributed by atoms with E-state index in [0.717, 1.165) is 72.8 Å². The van der Waals surface area contributed by atoms with Crippen molar-refractivity contribution in [2.75, 3.05) is 18.6 Å². The van der Waals surface area contributed by atoms with Crippen molar-refractivity contribution in [2.45, 2.75) is 58.4 Å². The number of nitrogens with zero attached hydrogens (tertiary/aromatic N) is 3. The number of unbranched alkanes of at least 4 members (excludes halogenated alkanes) is 3. The average Bonchev–Trinajstić information content (AvgIpc) is 3.22. The molecule has 7 heteroatoms. The van der Waals surface area contributed by atoms with Gasteiger partial charge in [0, 0.05) is 30.3 Å². The van der Waals surface area contributed by atoms with Gasteiger partial charge in [-0.05, 0) is 43.5 Å². The summed E-state index contributed by atoms with van der Waals surface area (Å²) in [6, 6.07) is 13.3. The monoisotopic (exact) mass is 459 g/mol. The minimum absolute atomic E-state index is 0.111. The number of hydrogen-bond acceptors (Lipinski definition) is 6. The van der Waals surface area contributed by atoms with Crippen molar-refractivity contribution < 1.29 is 9.53 Å². The minimum Gasteiger partial charge on any atom is -0.495 e. The van der Waals surface area contributed by atoms with E-state index in [1.165, 1.54) is 0 Å². The average molecular weight is 460 g/mol. The highest BCUT2D eigenvalue weighted by atomic mass is 16.5. The van der Waals surface area contributed by atoms with Crippen LogP contribution in [0.15, 0.2) is 42.5 Å². The molecular weight excluding hydrogens is 426 g/mol. The molecule has 4 rings (SSSR count). The van der Waals surface area contributed by atoms with Crippen LogP contribution in [0.1, 0.15) is 61.6 Å². The van der Waals surface area contributed by atoms with Gasteiger partial charge in [0.25, 0.3) is 0 Å². The number of imidazole rings is 1. The van der Waals surface area contributed by atoms with E-state index >= 15 is 0 Å². The van der Waals surface area contributed by atoms with Crippen LogP contribution in [-0.2, 0) is 13.0 Å². The van der Waals surface area contributed by atoms with E-state index in [9.17, 15) is 4.79 Å². The van der Waals surface area contributed by atoms with E-state index in [2.05, 4.69) is 22.5 Å². The number of methoxy groups -OCH3 is 1. The zero-order valence-corrected chi connectivity index (χ0v) is 20.0. The van der Waals surface area contributed by atoms with Crippen molar-refractivity contribution in [3.8, 4) is 5.75 Å². The van der Waals surface area contributed by atoms with Gasteiger partial charge < -0.3 is 20.8 Å². The number of Topliss-reactive ketones (excluding diaryl/α,β-unsaturated/α-hetero) is 1. The van der Waals surface area contributed by atoms with Gasteiger partial charge in [0.2, 0.25) is 0 Å². The summed E-state index contributed by atoms with van der Waals surface area (Å²) in [5.74, 6) is 2.19. The number of nitrogens with two attached hydrogens (primary N) is 2. The lowest BCUT2D eigenvalue weighted by molar-refractivity contribution is 0.0978. The van der Waals surface area contributed by atoms with Gasteiger partial charge in [-0.1, -0.05) is 38.0 Å². The summed E-state index contributed by atoms with van der Waals surface area (Å²) in [7, 11) is 1.56. The molecule has 7 nitrogen and oxygen atoms in total. The molecular formula is C27H33N5O2. The third kappa shape index (κ3) is 4.83. The molecule has 2 heterocycles. The number of pyridine rings is 1. The Hall–Kier alpha value is -3.61. The molecule has 0 saturated carbocycles. The van der Waals surface area contributed by atoms with Crippen molar-refractivity contribution in [3.63, 3.8) is 0 Å². The second-order valence-corrected chi connectivity index (χ2v) is 8.69. The first-order valence-corrected chi connectivity index (χ1v) is 12.0. The lowest BCUT2D eigenvalue weighted by atomic mass is 10.0. The first-order valence-electron chi connectivity index (χ1n) is 12.0. The van der Waals surface area contributed by atoms with Crippen molar-refractivity contribution in [1.29, 1.82) is 0 Å². The molecule has 2 aromatic heterocycles. The van der Waals surface area contributed by atoms with Crippen LogP contribution in [0.4, 0.5) is 11.5 Å². The quantitative estimate of drug-likeness (QED) is 0.173. The van der Waals surface area contributed by atoms with Crippen LogP contribution in [0.3, 0.4) is 0 Å². The molecule has 0 radical (unpaired) electrons. The molecule has 0 aliphatic carbocycles. The maximum Gasteiger partial charge on any atom is 0.163 e. The number of aryl methyl sites for hydroxylation is 2. The Kier molecular flexibility index (Phi) is 7.30. The van der Waals surface area contributed by atoms with Crippen LogP contribution in [0.2, 0.25) is 0 Å². The summed E-state index contributed by atoms with van der Waals surface area (Å²) in [5, 5.41) is 1.08. The van der Waals surface area contributed by atoms with Crippen molar-refractivity contribution in [2.24, 2.45) is 0 Å². The van der Waals surface area contributed by atoms with Crippen LogP contribution in [-0.4, -0.2) is 27.4 Å². The fourth-order valence-corrected chi connectivity index (χ4v) is 4.43. The summed E-state index contributed by atoms with van der Waals surface area (Å²) < 4.78 is 7.55. The normalized spacial score (nSPS) is 11.4. The van der Waals surface area contributed by atoms with E-state index in [1.807, 2.05) is 18.2 Å². The van der Waals surface area contributed by atoms with Crippen molar-refractivity contribution in [3.05, 3.63) is 53.9 Å². The zero-order valence-electron chi connectivity index (χ0n) is 20.0. The Morgan fingerprint density at radius 3 is 2.65 bits per heavy atom. The molecule has 0 aliphatic heterocycles. The highest BCUT2D eigenvalue weighted by Gasteiger charge is 2.17. The molecule has 4 aromatic rings. The number of ketones is 1. The number of carbonyl (C=O) groups is 1. The molecule has 0 amide bonds. The fraction of sp³-hybridized carbons (Fsp3) is 0.370. The third-order valence-corrected chi connectivity index (χ3v) is 6.28. The van der Waals surface area contributed by atoms with E-state index in [1.54, 1.807) is 25.3 Å². The lowest BCUT2D eigenvalue weighted by Crippen LogP contribution is -2.06. The zero-order chi connectivity index (χ0) is 24.1. The molecule has 0 fully saturated rings. The Labute approximate surface area is 200 Å². The highest BCUT2D eigenvalue weighted by Crippen LogP contribution is 2.30. The Morgan fingerprint density at radius 2 is 1.85 bits per heavy atom. The van der Waals surface area contributed by atoms with Crippen LogP contribution >= 0.6 is 0 Å². The second kappa shape index (κ2) is 10.5. The number of benzene rings is 2. The summed E-state index contributed by atoms with van der Waals surface area (Å²) >= 11 is 0. The molecule has 34 heavy (non-hydrogen) atoms. The predicted octanol–water partition coefficient (Wildman–Crippen LogP) is 5.54. The van der Waals surface area contributed by atoms with Gasteiger partial charge in [-0.2, -0.15) is 0 Å². The van der Waals surface area contributed by atoms with Crippen LogP contribution in [0.5, 0.6) is 5.75 Å².